The zero-order chi connectivity index (χ0) is 30.4. The Morgan fingerprint density at radius 3 is 2.10 bits per heavy atom. The Labute approximate surface area is 242 Å². The summed E-state index contributed by atoms with van der Waals surface area (Å²) in [7, 11) is 0. The number of aliphatic hydroxyl groups is 1. The van der Waals surface area contributed by atoms with Crippen molar-refractivity contribution in [3.05, 3.63) is 46.3 Å². The van der Waals surface area contributed by atoms with Gasteiger partial charge >= 0.3 is 0 Å². The van der Waals surface area contributed by atoms with Crippen molar-refractivity contribution in [1.29, 1.82) is 0 Å². The zero-order valence-corrected chi connectivity index (χ0v) is 26.8. The third-order valence-electron chi connectivity index (χ3n) is 9.67. The van der Waals surface area contributed by atoms with Crippen LogP contribution in [0.2, 0.25) is 0 Å². The summed E-state index contributed by atoms with van der Waals surface area (Å²) in [6.45, 7) is 21.2. The molecule has 1 unspecified atom stereocenters. The van der Waals surface area contributed by atoms with E-state index in [1.165, 1.54) is 11.1 Å². The highest BCUT2D eigenvalue weighted by atomic mass is 16.5. The first kappa shape index (κ1) is 32.2. The van der Waals surface area contributed by atoms with Gasteiger partial charge in [0.1, 0.15) is 11.9 Å². The molecule has 0 radical (unpaired) electrons. The van der Waals surface area contributed by atoms with Gasteiger partial charge in [-0.3, -0.25) is 14.4 Å². The molecule has 5 atom stereocenters. The molecule has 1 heterocycles. The van der Waals surface area contributed by atoms with Gasteiger partial charge in [-0.1, -0.05) is 55.7 Å². The fourth-order valence-electron chi connectivity index (χ4n) is 7.33. The second-order valence-electron chi connectivity index (χ2n) is 14.4. The number of allylic oxidation sites excluding steroid dienone is 7. The molecule has 3 aliphatic rings. The maximum Gasteiger partial charge on any atom is 0.184 e. The molecule has 1 aliphatic heterocycles. The third kappa shape index (κ3) is 5.12. The second kappa shape index (κ2) is 11.2. The molecule has 222 valence electrons. The molecule has 1 saturated carbocycles. The van der Waals surface area contributed by atoms with Gasteiger partial charge in [-0.15, -0.1) is 0 Å². The largest absolute Gasteiger partial charge is 0.490 e. The first-order valence-corrected chi connectivity index (χ1v) is 15.0. The molecule has 5 heteroatoms. The Morgan fingerprint density at radius 2 is 1.60 bits per heavy atom. The molecule has 2 bridgehead atoms. The Hall–Kier alpha value is -2.27. The predicted molar refractivity (Wildman–Crippen MR) is 161 cm³/mol. The summed E-state index contributed by atoms with van der Waals surface area (Å²) in [6, 6.07) is 0. The van der Waals surface area contributed by atoms with Crippen LogP contribution in [-0.4, -0.2) is 34.2 Å². The lowest BCUT2D eigenvalue weighted by Gasteiger charge is -2.61. The van der Waals surface area contributed by atoms with Crippen molar-refractivity contribution in [2.75, 3.05) is 0 Å². The fourth-order valence-corrected chi connectivity index (χ4v) is 7.33. The number of ketones is 3. The van der Waals surface area contributed by atoms with Crippen LogP contribution in [0.25, 0.3) is 0 Å². The minimum atomic E-state index is -1.79. The van der Waals surface area contributed by atoms with E-state index in [1.807, 2.05) is 40.7 Å². The first-order chi connectivity index (χ1) is 18.4. The SMILES string of the molecule is CC(C)=CCC[C@]1(C)[C@@H](CC=C(C)C)C[C@@]2(CC=C(C)C)C(=O)[C@]1(C(=O)C(C)C)C(=O)C1=C2OC(C(C)(C)O)C1. The van der Waals surface area contributed by atoms with Gasteiger partial charge in [0, 0.05) is 17.9 Å². The first-order valence-electron chi connectivity index (χ1n) is 15.0. The van der Waals surface area contributed by atoms with Crippen LogP contribution in [0, 0.1) is 28.1 Å². The number of hydrogen-bond acceptors (Lipinski definition) is 5. The Bertz CT molecular complexity index is 1180. The quantitative estimate of drug-likeness (QED) is 0.223. The van der Waals surface area contributed by atoms with Gasteiger partial charge in [-0.2, -0.15) is 0 Å². The molecule has 2 aliphatic carbocycles. The Kier molecular flexibility index (Phi) is 9.02. The molecule has 0 aromatic heterocycles. The average molecular weight is 553 g/mol. The lowest BCUT2D eigenvalue weighted by Crippen LogP contribution is -2.70. The van der Waals surface area contributed by atoms with Crippen LogP contribution in [0.1, 0.15) is 115 Å². The van der Waals surface area contributed by atoms with Crippen molar-refractivity contribution in [1.82, 2.24) is 0 Å². The molecule has 0 spiro atoms. The smallest absolute Gasteiger partial charge is 0.184 e. The summed E-state index contributed by atoms with van der Waals surface area (Å²) >= 11 is 0. The lowest BCUT2D eigenvalue weighted by molar-refractivity contribution is -0.181. The molecule has 40 heavy (non-hydrogen) atoms. The number of carbonyl (C=O) groups is 3. The second-order valence-corrected chi connectivity index (χ2v) is 14.4. The van der Waals surface area contributed by atoms with Crippen LogP contribution in [-0.2, 0) is 19.1 Å². The molecule has 0 aromatic carbocycles. The minimum Gasteiger partial charge on any atom is -0.490 e. The van der Waals surface area contributed by atoms with Gasteiger partial charge < -0.3 is 9.84 Å². The summed E-state index contributed by atoms with van der Waals surface area (Å²) in [5.41, 5.74) is -1.15. The summed E-state index contributed by atoms with van der Waals surface area (Å²) < 4.78 is 6.45. The van der Waals surface area contributed by atoms with Crippen molar-refractivity contribution in [3.8, 4) is 0 Å². The third-order valence-corrected chi connectivity index (χ3v) is 9.67. The predicted octanol–water partition coefficient (Wildman–Crippen LogP) is 7.64. The lowest BCUT2D eigenvalue weighted by atomic mass is 9.38. The van der Waals surface area contributed by atoms with Crippen LogP contribution in [0.5, 0.6) is 0 Å². The fraction of sp³-hybridized carbons (Fsp3) is 0.686. The highest BCUT2D eigenvalue weighted by Crippen LogP contribution is 2.69. The number of carbonyl (C=O) groups excluding carboxylic acids is 3. The molecule has 1 fully saturated rings. The van der Waals surface area contributed by atoms with E-state index in [4.69, 9.17) is 4.74 Å². The topological polar surface area (TPSA) is 80.7 Å². The summed E-state index contributed by atoms with van der Waals surface area (Å²) in [5, 5.41) is 10.9. The molecular formula is C35H52O5. The van der Waals surface area contributed by atoms with E-state index in [9.17, 15) is 14.7 Å². The average Bonchev–Trinajstić information content (AvgIpc) is 3.29. The van der Waals surface area contributed by atoms with Gasteiger partial charge in [-0.05, 0) is 98.8 Å². The molecule has 0 amide bonds. The van der Waals surface area contributed by atoms with E-state index in [0.29, 0.717) is 43.4 Å². The van der Waals surface area contributed by atoms with E-state index in [2.05, 4.69) is 26.0 Å². The monoisotopic (exact) mass is 552 g/mol. The van der Waals surface area contributed by atoms with Crippen LogP contribution < -0.4 is 0 Å². The van der Waals surface area contributed by atoms with Gasteiger partial charge in [0.05, 0.1) is 11.0 Å². The molecule has 0 saturated heterocycles. The van der Waals surface area contributed by atoms with Crippen molar-refractivity contribution < 1.29 is 24.2 Å². The van der Waals surface area contributed by atoms with Gasteiger partial charge in [0.15, 0.2) is 22.8 Å². The number of rotatable bonds is 10. The van der Waals surface area contributed by atoms with Crippen molar-refractivity contribution >= 4 is 17.3 Å². The minimum absolute atomic E-state index is 0.0956. The van der Waals surface area contributed by atoms with Gasteiger partial charge in [-0.25, -0.2) is 0 Å². The zero-order valence-electron chi connectivity index (χ0n) is 26.8. The molecular weight excluding hydrogens is 500 g/mol. The molecule has 3 rings (SSSR count). The maximum atomic E-state index is 15.2. The van der Waals surface area contributed by atoms with Crippen molar-refractivity contribution in [3.63, 3.8) is 0 Å². The van der Waals surface area contributed by atoms with E-state index in [-0.39, 0.29) is 29.7 Å². The summed E-state index contributed by atoms with van der Waals surface area (Å²) in [6.07, 6.45) is 8.74. The van der Waals surface area contributed by atoms with Crippen LogP contribution in [0.15, 0.2) is 46.3 Å². The van der Waals surface area contributed by atoms with Gasteiger partial charge in [0.25, 0.3) is 0 Å². The Morgan fingerprint density at radius 1 is 1.02 bits per heavy atom. The van der Waals surface area contributed by atoms with Crippen molar-refractivity contribution in [2.24, 2.45) is 28.1 Å². The van der Waals surface area contributed by atoms with E-state index in [1.54, 1.807) is 27.7 Å². The molecule has 0 aromatic rings. The van der Waals surface area contributed by atoms with E-state index >= 15 is 4.79 Å². The molecule has 5 nitrogen and oxygen atoms in total. The molecule has 1 N–H and O–H groups in total. The van der Waals surface area contributed by atoms with E-state index in [0.717, 1.165) is 5.57 Å². The Balaban J connectivity index is 2.44. The van der Waals surface area contributed by atoms with Crippen LogP contribution in [0.4, 0.5) is 0 Å². The van der Waals surface area contributed by atoms with Crippen molar-refractivity contribution in [2.45, 2.75) is 126 Å². The van der Waals surface area contributed by atoms with Gasteiger partial charge in [0.2, 0.25) is 0 Å². The number of Topliss-reactive ketones (excluding diaryl/α,β-unsaturated/α-hetero) is 3. The number of fused-ring (bicyclic) bond motifs is 3. The summed E-state index contributed by atoms with van der Waals surface area (Å²) in [4.78, 5) is 44.8. The highest BCUT2D eigenvalue weighted by molar-refractivity contribution is 6.33. The normalized spacial score (nSPS) is 31.5. The standard InChI is InChI=1S/C35H52O5/c1-21(2)13-12-17-33(11)25(15-14-22(3)4)20-34(18-16-23(5)6)30-26(19-27(40-30)32(9,10)39)29(37)35(33,31(34)38)28(36)24(7)8/h13-14,16,24-25,27,39H,12,15,17-20H2,1-11H3/t25-,27?,33+,34+,35-/m0/s1. The number of hydrogen-bond donors (Lipinski definition) is 1. The highest BCUT2D eigenvalue weighted by Gasteiger charge is 2.77. The van der Waals surface area contributed by atoms with Crippen LogP contribution >= 0.6 is 0 Å². The van der Waals surface area contributed by atoms with E-state index < -0.39 is 33.9 Å². The number of ether oxygens (including phenoxy) is 1. The maximum absolute atomic E-state index is 15.2. The summed E-state index contributed by atoms with van der Waals surface area (Å²) in [5.74, 6) is -1.12. The van der Waals surface area contributed by atoms with Crippen LogP contribution in [0.3, 0.4) is 0 Å².